The lowest BCUT2D eigenvalue weighted by atomic mass is 9.95. The summed E-state index contributed by atoms with van der Waals surface area (Å²) in [6.45, 7) is 0. The van der Waals surface area contributed by atoms with Crippen molar-refractivity contribution in [1.82, 2.24) is 10.3 Å². The molecule has 0 aliphatic heterocycles. The van der Waals surface area contributed by atoms with Crippen LogP contribution in [0.15, 0.2) is 18.3 Å². The maximum atomic E-state index is 11.9. The molecule has 1 heterocycles. The van der Waals surface area contributed by atoms with Crippen molar-refractivity contribution < 1.29 is 9.53 Å². The van der Waals surface area contributed by atoms with Crippen molar-refractivity contribution in [1.29, 1.82) is 0 Å². The number of hydrogen-bond acceptors (Lipinski definition) is 3. The SMILES string of the molecule is COc1ccc(C(=O)NC2CCCCC2)cn1. The van der Waals surface area contributed by atoms with Crippen molar-refractivity contribution in [3.63, 3.8) is 0 Å². The highest BCUT2D eigenvalue weighted by Crippen LogP contribution is 2.18. The van der Waals surface area contributed by atoms with E-state index in [1.165, 1.54) is 19.3 Å². The fraction of sp³-hybridized carbons (Fsp3) is 0.538. The predicted octanol–water partition coefficient (Wildman–Crippen LogP) is 2.15. The van der Waals surface area contributed by atoms with E-state index in [0.717, 1.165) is 12.8 Å². The van der Waals surface area contributed by atoms with E-state index in [1.54, 1.807) is 25.4 Å². The predicted molar refractivity (Wildman–Crippen MR) is 65.1 cm³/mol. The number of hydrogen-bond donors (Lipinski definition) is 1. The second kappa shape index (κ2) is 5.66. The molecule has 0 aromatic carbocycles. The average Bonchev–Trinajstić information content (AvgIpc) is 2.40. The number of ether oxygens (including phenoxy) is 1. The molecule has 0 atom stereocenters. The number of carbonyl (C=O) groups is 1. The van der Waals surface area contributed by atoms with Crippen LogP contribution >= 0.6 is 0 Å². The van der Waals surface area contributed by atoms with Crippen LogP contribution < -0.4 is 10.1 Å². The summed E-state index contributed by atoms with van der Waals surface area (Å²) in [6.07, 6.45) is 7.45. The van der Waals surface area contributed by atoms with E-state index in [2.05, 4.69) is 10.3 Å². The number of nitrogens with zero attached hydrogens (tertiary/aromatic N) is 1. The number of methoxy groups -OCH3 is 1. The molecule has 0 radical (unpaired) electrons. The number of rotatable bonds is 3. The van der Waals surface area contributed by atoms with Gasteiger partial charge in [0.2, 0.25) is 5.88 Å². The molecule has 0 bridgehead atoms. The van der Waals surface area contributed by atoms with Gasteiger partial charge in [-0.2, -0.15) is 0 Å². The summed E-state index contributed by atoms with van der Waals surface area (Å²) in [5.41, 5.74) is 0.594. The topological polar surface area (TPSA) is 51.2 Å². The minimum Gasteiger partial charge on any atom is -0.481 e. The van der Waals surface area contributed by atoms with E-state index in [0.29, 0.717) is 17.5 Å². The van der Waals surface area contributed by atoms with Crippen molar-refractivity contribution in [3.05, 3.63) is 23.9 Å². The first-order valence-corrected chi connectivity index (χ1v) is 6.10. The van der Waals surface area contributed by atoms with Gasteiger partial charge in [-0.05, 0) is 18.9 Å². The number of aromatic nitrogens is 1. The fourth-order valence-electron chi connectivity index (χ4n) is 2.15. The minimum absolute atomic E-state index is 0.0351. The number of amides is 1. The lowest BCUT2D eigenvalue weighted by Crippen LogP contribution is -2.36. The van der Waals surface area contributed by atoms with Gasteiger partial charge < -0.3 is 10.1 Å². The fourth-order valence-corrected chi connectivity index (χ4v) is 2.15. The third-order valence-electron chi connectivity index (χ3n) is 3.15. The zero-order valence-electron chi connectivity index (χ0n) is 10.1. The van der Waals surface area contributed by atoms with Crippen LogP contribution in [0.25, 0.3) is 0 Å². The summed E-state index contributed by atoms with van der Waals surface area (Å²) < 4.78 is 4.96. The van der Waals surface area contributed by atoms with Crippen molar-refractivity contribution >= 4 is 5.91 Å². The van der Waals surface area contributed by atoms with E-state index < -0.39 is 0 Å². The van der Waals surface area contributed by atoms with Gasteiger partial charge in [0.15, 0.2) is 0 Å². The molecule has 1 aliphatic carbocycles. The Bertz CT molecular complexity index is 370. The Labute approximate surface area is 101 Å². The Morgan fingerprint density at radius 1 is 1.35 bits per heavy atom. The van der Waals surface area contributed by atoms with Crippen LogP contribution in [0.4, 0.5) is 0 Å². The number of carbonyl (C=O) groups excluding carboxylic acids is 1. The molecule has 17 heavy (non-hydrogen) atoms. The molecule has 92 valence electrons. The van der Waals surface area contributed by atoms with Gasteiger partial charge in [-0.15, -0.1) is 0 Å². The summed E-state index contributed by atoms with van der Waals surface area (Å²) in [6, 6.07) is 3.78. The van der Waals surface area contributed by atoms with Crippen LogP contribution in [0.5, 0.6) is 5.88 Å². The van der Waals surface area contributed by atoms with Crippen LogP contribution in [-0.2, 0) is 0 Å². The van der Waals surface area contributed by atoms with Crippen LogP contribution in [0, 0.1) is 0 Å². The Balaban J connectivity index is 1.93. The van der Waals surface area contributed by atoms with E-state index in [9.17, 15) is 4.79 Å². The molecule has 1 aromatic rings. The van der Waals surface area contributed by atoms with E-state index in [-0.39, 0.29) is 5.91 Å². The van der Waals surface area contributed by atoms with Gasteiger partial charge in [0.1, 0.15) is 0 Å². The molecule has 0 saturated heterocycles. The van der Waals surface area contributed by atoms with Gasteiger partial charge in [0.05, 0.1) is 12.7 Å². The normalized spacial score (nSPS) is 16.5. The summed E-state index contributed by atoms with van der Waals surface area (Å²) >= 11 is 0. The van der Waals surface area contributed by atoms with E-state index >= 15 is 0 Å². The summed E-state index contributed by atoms with van der Waals surface area (Å²) in [5.74, 6) is 0.492. The van der Waals surface area contributed by atoms with Crippen LogP contribution in [0.2, 0.25) is 0 Å². The van der Waals surface area contributed by atoms with E-state index in [1.807, 2.05) is 0 Å². The largest absolute Gasteiger partial charge is 0.481 e. The first-order valence-electron chi connectivity index (χ1n) is 6.10. The summed E-state index contributed by atoms with van der Waals surface area (Å²) in [5, 5.41) is 3.05. The Kier molecular flexibility index (Phi) is 3.96. The molecule has 0 unspecified atom stereocenters. The highest BCUT2D eigenvalue weighted by molar-refractivity contribution is 5.94. The maximum Gasteiger partial charge on any atom is 0.253 e. The smallest absolute Gasteiger partial charge is 0.253 e. The van der Waals surface area contributed by atoms with E-state index in [4.69, 9.17) is 4.74 Å². The lowest BCUT2D eigenvalue weighted by molar-refractivity contribution is 0.0927. The highest BCUT2D eigenvalue weighted by Gasteiger charge is 2.16. The lowest BCUT2D eigenvalue weighted by Gasteiger charge is -2.22. The molecule has 4 heteroatoms. The molecule has 0 spiro atoms. The third kappa shape index (κ3) is 3.19. The number of pyridine rings is 1. The third-order valence-corrected chi connectivity index (χ3v) is 3.15. The second-order valence-corrected chi connectivity index (χ2v) is 4.40. The van der Waals surface area contributed by atoms with Crippen molar-refractivity contribution in [2.24, 2.45) is 0 Å². The highest BCUT2D eigenvalue weighted by atomic mass is 16.5. The molecule has 1 amide bonds. The minimum atomic E-state index is -0.0351. The zero-order valence-corrected chi connectivity index (χ0v) is 10.1. The van der Waals surface area contributed by atoms with Gasteiger partial charge in [-0.3, -0.25) is 4.79 Å². The van der Waals surface area contributed by atoms with Crippen molar-refractivity contribution in [3.8, 4) is 5.88 Å². The zero-order chi connectivity index (χ0) is 12.1. The standard InChI is InChI=1S/C13H18N2O2/c1-17-12-8-7-10(9-14-12)13(16)15-11-5-3-2-4-6-11/h7-9,11H,2-6H2,1H3,(H,15,16). The number of nitrogens with one attached hydrogen (secondary N) is 1. The Morgan fingerprint density at radius 2 is 2.12 bits per heavy atom. The van der Waals surface area contributed by atoms with Crippen molar-refractivity contribution in [2.45, 2.75) is 38.1 Å². The van der Waals surface area contributed by atoms with Gasteiger partial charge in [0, 0.05) is 18.3 Å². The molecule has 1 aromatic heterocycles. The Hall–Kier alpha value is -1.58. The van der Waals surface area contributed by atoms with Gasteiger partial charge in [-0.25, -0.2) is 4.98 Å². The molecule has 4 nitrogen and oxygen atoms in total. The monoisotopic (exact) mass is 234 g/mol. The second-order valence-electron chi connectivity index (χ2n) is 4.40. The molecular weight excluding hydrogens is 216 g/mol. The average molecular weight is 234 g/mol. The summed E-state index contributed by atoms with van der Waals surface area (Å²) in [7, 11) is 1.56. The van der Waals surface area contributed by atoms with Crippen molar-refractivity contribution in [2.75, 3.05) is 7.11 Å². The van der Waals surface area contributed by atoms with Gasteiger partial charge in [0.25, 0.3) is 5.91 Å². The van der Waals surface area contributed by atoms with Gasteiger partial charge >= 0.3 is 0 Å². The van der Waals surface area contributed by atoms with Crippen LogP contribution in [0.3, 0.4) is 0 Å². The summed E-state index contributed by atoms with van der Waals surface area (Å²) in [4.78, 5) is 15.9. The molecule has 2 rings (SSSR count). The first-order chi connectivity index (χ1) is 8.29. The van der Waals surface area contributed by atoms with Crippen LogP contribution in [-0.4, -0.2) is 24.0 Å². The quantitative estimate of drug-likeness (QED) is 0.871. The molecule has 1 N–H and O–H groups in total. The molecule has 1 aliphatic rings. The molecular formula is C13H18N2O2. The Morgan fingerprint density at radius 3 is 2.71 bits per heavy atom. The maximum absolute atomic E-state index is 11.9. The van der Waals surface area contributed by atoms with Gasteiger partial charge in [-0.1, -0.05) is 19.3 Å². The first kappa shape index (κ1) is 11.9. The molecule has 1 saturated carbocycles. The van der Waals surface area contributed by atoms with Crippen LogP contribution in [0.1, 0.15) is 42.5 Å². The molecule has 1 fully saturated rings.